The third-order valence-electron chi connectivity index (χ3n) is 3.57. The van der Waals surface area contributed by atoms with Crippen LogP contribution in [0.1, 0.15) is 21.9 Å². The molecule has 0 aliphatic carbocycles. The Morgan fingerprint density at radius 3 is 3.05 bits per heavy atom. The fourth-order valence-electron chi connectivity index (χ4n) is 2.50. The summed E-state index contributed by atoms with van der Waals surface area (Å²) in [6.45, 7) is 0.649. The maximum absolute atomic E-state index is 12.3. The van der Waals surface area contributed by atoms with E-state index in [0.717, 1.165) is 17.1 Å². The summed E-state index contributed by atoms with van der Waals surface area (Å²) in [4.78, 5) is 16.5. The monoisotopic (exact) mass is 295 g/mol. The van der Waals surface area contributed by atoms with Crippen molar-refractivity contribution < 1.29 is 13.9 Å². The molecule has 110 valence electrons. The Labute approximate surface area is 126 Å². The second kappa shape index (κ2) is 5.07. The number of benzene rings is 1. The van der Waals surface area contributed by atoms with Crippen LogP contribution in [-0.2, 0) is 13.2 Å². The molecule has 3 heterocycles. The third-order valence-corrected chi connectivity index (χ3v) is 3.57. The third kappa shape index (κ3) is 2.05. The van der Waals surface area contributed by atoms with Gasteiger partial charge in [0.05, 0.1) is 24.2 Å². The number of ether oxygens (including phenoxy) is 1. The number of carbonyl (C=O) groups excluding carboxylic acids is 1. The number of aromatic nitrogens is 2. The molecular formula is C16H13N3O3. The number of nitrogens with zero attached hydrogens (tertiary/aromatic N) is 2. The maximum atomic E-state index is 12.3. The second-order valence-electron chi connectivity index (χ2n) is 4.93. The minimum absolute atomic E-state index is 0.242. The van der Waals surface area contributed by atoms with Gasteiger partial charge in [0.2, 0.25) is 0 Å². The summed E-state index contributed by atoms with van der Waals surface area (Å²) in [5.74, 6) is 1.24. The van der Waals surface area contributed by atoms with E-state index in [9.17, 15) is 4.79 Å². The van der Waals surface area contributed by atoms with Gasteiger partial charge >= 0.3 is 0 Å². The van der Waals surface area contributed by atoms with Gasteiger partial charge in [-0.2, -0.15) is 0 Å². The highest BCUT2D eigenvalue weighted by Crippen LogP contribution is 2.30. The molecule has 1 aliphatic rings. The Balaban J connectivity index is 1.60. The van der Waals surface area contributed by atoms with Crippen LogP contribution >= 0.6 is 0 Å². The number of nitrogens with one attached hydrogen (secondary N) is 1. The van der Waals surface area contributed by atoms with E-state index in [4.69, 9.17) is 9.15 Å². The van der Waals surface area contributed by atoms with Crippen molar-refractivity contribution >= 4 is 5.91 Å². The molecule has 0 bridgehead atoms. The van der Waals surface area contributed by atoms with Gasteiger partial charge in [0.1, 0.15) is 24.4 Å². The van der Waals surface area contributed by atoms with E-state index in [0.29, 0.717) is 24.6 Å². The van der Waals surface area contributed by atoms with Crippen LogP contribution in [0, 0.1) is 0 Å². The van der Waals surface area contributed by atoms with Crippen molar-refractivity contribution in [1.29, 1.82) is 0 Å². The lowest BCUT2D eigenvalue weighted by Gasteiger charge is -2.20. The Bertz CT molecular complexity index is 821. The molecular weight excluding hydrogens is 282 g/mol. The van der Waals surface area contributed by atoms with Crippen LogP contribution in [0.3, 0.4) is 0 Å². The number of furan rings is 1. The van der Waals surface area contributed by atoms with Crippen LogP contribution in [0.2, 0.25) is 0 Å². The van der Waals surface area contributed by atoms with E-state index in [2.05, 4.69) is 10.3 Å². The van der Waals surface area contributed by atoms with E-state index in [-0.39, 0.29) is 5.91 Å². The van der Waals surface area contributed by atoms with Crippen molar-refractivity contribution in [2.75, 3.05) is 0 Å². The summed E-state index contributed by atoms with van der Waals surface area (Å²) < 4.78 is 12.8. The zero-order valence-electron chi connectivity index (χ0n) is 11.7. The first-order chi connectivity index (χ1) is 10.8. The van der Waals surface area contributed by atoms with E-state index < -0.39 is 0 Å². The minimum atomic E-state index is -0.242. The van der Waals surface area contributed by atoms with E-state index in [1.54, 1.807) is 18.7 Å². The molecule has 22 heavy (non-hydrogen) atoms. The van der Waals surface area contributed by atoms with Crippen LogP contribution in [0.15, 0.2) is 53.4 Å². The number of imidazole rings is 1. The molecule has 1 amide bonds. The van der Waals surface area contributed by atoms with Gasteiger partial charge in [-0.15, -0.1) is 0 Å². The van der Waals surface area contributed by atoms with Gasteiger partial charge in [0.15, 0.2) is 5.69 Å². The summed E-state index contributed by atoms with van der Waals surface area (Å²) in [6, 6.07) is 11.3. The zero-order chi connectivity index (χ0) is 14.9. The van der Waals surface area contributed by atoms with Gasteiger partial charge in [-0.05, 0) is 24.3 Å². The van der Waals surface area contributed by atoms with Gasteiger partial charge in [0.25, 0.3) is 5.91 Å². The number of hydrogen-bond acceptors (Lipinski definition) is 4. The van der Waals surface area contributed by atoms with Crippen LogP contribution in [0.25, 0.3) is 5.69 Å². The molecule has 6 nitrogen and oxygen atoms in total. The molecule has 6 heteroatoms. The predicted molar refractivity (Wildman–Crippen MR) is 77.8 cm³/mol. The first kappa shape index (κ1) is 12.7. The van der Waals surface area contributed by atoms with Crippen molar-refractivity contribution in [3.05, 3.63) is 66.1 Å². The highest BCUT2D eigenvalue weighted by molar-refractivity contribution is 5.93. The van der Waals surface area contributed by atoms with E-state index >= 15 is 0 Å². The van der Waals surface area contributed by atoms with Gasteiger partial charge in [-0.3, -0.25) is 9.36 Å². The van der Waals surface area contributed by atoms with Gasteiger partial charge in [-0.1, -0.05) is 12.1 Å². The fourth-order valence-corrected chi connectivity index (χ4v) is 2.50. The van der Waals surface area contributed by atoms with Crippen LogP contribution in [0.5, 0.6) is 5.75 Å². The van der Waals surface area contributed by atoms with Crippen molar-refractivity contribution in [1.82, 2.24) is 14.9 Å². The highest BCUT2D eigenvalue weighted by atomic mass is 16.5. The molecule has 1 N–H and O–H groups in total. The Kier molecular flexibility index (Phi) is 2.93. The largest absolute Gasteiger partial charge is 0.485 e. The number of fused-ring (bicyclic) bond motifs is 3. The second-order valence-corrected chi connectivity index (χ2v) is 4.93. The van der Waals surface area contributed by atoms with Gasteiger partial charge in [0, 0.05) is 0 Å². The number of hydrogen-bond donors (Lipinski definition) is 1. The van der Waals surface area contributed by atoms with Crippen LogP contribution in [0.4, 0.5) is 0 Å². The van der Waals surface area contributed by atoms with Gasteiger partial charge < -0.3 is 14.5 Å². The first-order valence-corrected chi connectivity index (χ1v) is 6.92. The molecule has 1 aromatic carbocycles. The average molecular weight is 295 g/mol. The number of amides is 1. The molecule has 0 atom stereocenters. The minimum Gasteiger partial charge on any atom is -0.485 e. The molecule has 2 aromatic heterocycles. The molecule has 0 saturated heterocycles. The number of para-hydroxylation sites is 2. The highest BCUT2D eigenvalue weighted by Gasteiger charge is 2.24. The standard InChI is InChI=1S/C16H13N3O3/c20-16(17-8-11-4-3-7-21-11)15-13-9-22-14-6-2-1-5-12(14)19(13)10-18-15/h1-7,10H,8-9H2,(H,17,20). The molecule has 1 aliphatic heterocycles. The SMILES string of the molecule is O=C(NCc1ccco1)c1ncn2c1COc1ccccc1-2. The smallest absolute Gasteiger partial charge is 0.272 e. The fraction of sp³-hybridized carbons (Fsp3) is 0.125. The van der Waals surface area contributed by atoms with Crippen LogP contribution in [-0.4, -0.2) is 15.5 Å². The molecule has 0 fully saturated rings. The van der Waals surface area contributed by atoms with E-state index in [1.807, 2.05) is 34.9 Å². The summed E-state index contributed by atoms with van der Waals surface area (Å²) in [5.41, 5.74) is 2.01. The van der Waals surface area contributed by atoms with Crippen molar-refractivity contribution in [3.8, 4) is 11.4 Å². The summed E-state index contributed by atoms with van der Waals surface area (Å²) in [7, 11) is 0. The topological polar surface area (TPSA) is 69.3 Å². The van der Waals surface area contributed by atoms with Crippen LogP contribution < -0.4 is 10.1 Å². The Morgan fingerprint density at radius 1 is 1.27 bits per heavy atom. The van der Waals surface area contributed by atoms with Gasteiger partial charge in [-0.25, -0.2) is 4.98 Å². The Morgan fingerprint density at radius 2 is 2.18 bits per heavy atom. The predicted octanol–water partition coefficient (Wildman–Crippen LogP) is 2.29. The molecule has 4 rings (SSSR count). The van der Waals surface area contributed by atoms with Crippen molar-refractivity contribution in [2.24, 2.45) is 0 Å². The normalized spacial score (nSPS) is 12.2. The lowest BCUT2D eigenvalue weighted by atomic mass is 10.2. The maximum Gasteiger partial charge on any atom is 0.272 e. The Hall–Kier alpha value is -3.02. The lowest BCUT2D eigenvalue weighted by molar-refractivity contribution is 0.0940. The summed E-state index contributed by atoms with van der Waals surface area (Å²) >= 11 is 0. The summed E-state index contributed by atoms with van der Waals surface area (Å²) in [6.07, 6.45) is 3.23. The zero-order valence-corrected chi connectivity index (χ0v) is 11.7. The molecule has 3 aromatic rings. The number of carbonyl (C=O) groups is 1. The molecule has 0 spiro atoms. The molecule has 0 saturated carbocycles. The number of rotatable bonds is 3. The van der Waals surface area contributed by atoms with Crippen molar-refractivity contribution in [2.45, 2.75) is 13.2 Å². The van der Waals surface area contributed by atoms with Crippen molar-refractivity contribution in [3.63, 3.8) is 0 Å². The lowest BCUT2D eigenvalue weighted by Crippen LogP contribution is -2.25. The first-order valence-electron chi connectivity index (χ1n) is 6.92. The summed E-state index contributed by atoms with van der Waals surface area (Å²) in [5, 5.41) is 2.80. The molecule has 0 radical (unpaired) electrons. The van der Waals surface area contributed by atoms with E-state index in [1.165, 1.54) is 0 Å². The quantitative estimate of drug-likeness (QED) is 0.805. The molecule has 0 unspecified atom stereocenters. The average Bonchev–Trinajstić information content (AvgIpc) is 3.22.